The molecule has 0 spiro atoms. The van der Waals surface area contributed by atoms with Crippen LogP contribution in [0.15, 0.2) is 95.7 Å². The smallest absolute Gasteiger partial charge is 0.287 e. The zero-order chi connectivity index (χ0) is 22.6. The van der Waals surface area contributed by atoms with Crippen molar-refractivity contribution in [1.29, 1.82) is 0 Å². The fraction of sp³-hybridized carbons (Fsp3) is 0. The first-order valence-electron chi connectivity index (χ1n) is 9.91. The van der Waals surface area contributed by atoms with Crippen molar-refractivity contribution < 1.29 is 9.90 Å². The maximum atomic E-state index is 13.1. The molecule has 0 saturated heterocycles. The monoisotopic (exact) mass is 436 g/mol. The fourth-order valence-electron chi connectivity index (χ4n) is 3.25. The van der Waals surface area contributed by atoms with Crippen LogP contribution in [0, 0.1) is 0 Å². The third-order valence-corrected chi connectivity index (χ3v) is 4.74. The molecule has 0 atom stereocenters. The summed E-state index contributed by atoms with van der Waals surface area (Å²) in [6.07, 6.45) is 4.57. The molecule has 0 radical (unpaired) electrons. The predicted octanol–water partition coefficient (Wildman–Crippen LogP) is 4.58. The first kappa shape index (κ1) is 19.9. The van der Waals surface area contributed by atoms with Gasteiger partial charge in [-0.15, -0.1) is 15.3 Å². The Morgan fingerprint density at radius 1 is 0.909 bits per heavy atom. The summed E-state index contributed by atoms with van der Waals surface area (Å²) in [5.41, 5.74) is 0.817. The third-order valence-electron chi connectivity index (χ3n) is 4.74. The van der Waals surface area contributed by atoms with Crippen LogP contribution >= 0.6 is 0 Å². The lowest BCUT2D eigenvalue weighted by Crippen LogP contribution is -2.12. The Hall–Kier alpha value is -4.99. The Morgan fingerprint density at radius 2 is 1.67 bits per heavy atom. The van der Waals surface area contributed by atoms with E-state index >= 15 is 0 Å². The highest BCUT2D eigenvalue weighted by molar-refractivity contribution is 6.16. The molecule has 0 aliphatic carbocycles. The van der Waals surface area contributed by atoms with Crippen molar-refractivity contribution in [3.05, 3.63) is 91.0 Å². The van der Waals surface area contributed by atoms with Gasteiger partial charge in [-0.1, -0.05) is 42.5 Å². The molecule has 0 aliphatic heterocycles. The maximum Gasteiger partial charge on any atom is 0.287 e. The number of para-hydroxylation sites is 1. The summed E-state index contributed by atoms with van der Waals surface area (Å²) in [6, 6.07) is 19.6. The van der Waals surface area contributed by atoms with Crippen LogP contribution in [0.2, 0.25) is 0 Å². The van der Waals surface area contributed by atoms with Crippen molar-refractivity contribution in [2.45, 2.75) is 0 Å². The minimum Gasteiger partial charge on any atom is -0.505 e. The molecule has 0 aliphatic rings. The predicted molar refractivity (Wildman–Crippen MR) is 121 cm³/mol. The number of carbonyl (C=O) groups is 1. The molecule has 1 amide bonds. The van der Waals surface area contributed by atoms with Gasteiger partial charge < -0.3 is 10.4 Å². The number of phenolic OH excluding ortho intramolecular Hbond substituents is 1. The van der Waals surface area contributed by atoms with Crippen LogP contribution in [-0.4, -0.2) is 35.7 Å². The molecule has 160 valence electrons. The Labute approximate surface area is 187 Å². The molecular formula is C23H16N8O2. The molecule has 3 aromatic carbocycles. The van der Waals surface area contributed by atoms with Gasteiger partial charge in [0.25, 0.3) is 17.8 Å². The number of azo groups is 1. The van der Waals surface area contributed by atoms with E-state index in [2.05, 4.69) is 35.6 Å². The summed E-state index contributed by atoms with van der Waals surface area (Å²) >= 11 is 0. The summed E-state index contributed by atoms with van der Waals surface area (Å²) < 4.78 is 1.35. The van der Waals surface area contributed by atoms with Gasteiger partial charge in [0.2, 0.25) is 0 Å². The summed E-state index contributed by atoms with van der Waals surface area (Å²) in [5, 5.41) is 27.3. The number of aromatic nitrogens is 5. The Kier molecular flexibility index (Phi) is 5.22. The number of phenols is 1. The van der Waals surface area contributed by atoms with E-state index in [4.69, 9.17) is 0 Å². The van der Waals surface area contributed by atoms with Gasteiger partial charge >= 0.3 is 0 Å². The largest absolute Gasteiger partial charge is 0.505 e. The van der Waals surface area contributed by atoms with Gasteiger partial charge in [0, 0.05) is 18.1 Å². The number of rotatable bonds is 5. The normalized spacial score (nSPS) is 11.2. The molecular weight excluding hydrogens is 420 g/mol. The summed E-state index contributed by atoms with van der Waals surface area (Å²) in [5.74, 6) is -0.377. The van der Waals surface area contributed by atoms with Crippen molar-refractivity contribution in [1.82, 2.24) is 24.7 Å². The highest BCUT2D eigenvalue weighted by atomic mass is 16.3. The third kappa shape index (κ3) is 4.12. The van der Waals surface area contributed by atoms with Crippen LogP contribution in [-0.2, 0) is 0 Å². The summed E-state index contributed by atoms with van der Waals surface area (Å²) in [7, 11) is 0. The van der Waals surface area contributed by atoms with Gasteiger partial charge in [0.1, 0.15) is 12.0 Å². The zero-order valence-electron chi connectivity index (χ0n) is 17.1. The van der Waals surface area contributed by atoms with Gasteiger partial charge in [0.05, 0.1) is 5.56 Å². The van der Waals surface area contributed by atoms with E-state index in [1.807, 2.05) is 30.3 Å². The second-order valence-electron chi connectivity index (χ2n) is 6.90. The van der Waals surface area contributed by atoms with Crippen molar-refractivity contribution in [3.63, 3.8) is 0 Å². The molecule has 5 rings (SSSR count). The van der Waals surface area contributed by atoms with E-state index in [-0.39, 0.29) is 22.9 Å². The van der Waals surface area contributed by atoms with Crippen LogP contribution in [0.4, 0.5) is 17.3 Å². The number of carbonyl (C=O) groups excluding carboxylic acids is 1. The van der Waals surface area contributed by atoms with E-state index in [1.54, 1.807) is 48.8 Å². The molecule has 2 aromatic heterocycles. The number of hydrogen-bond acceptors (Lipinski definition) is 8. The number of aromatic hydroxyl groups is 1. The van der Waals surface area contributed by atoms with Crippen LogP contribution in [0.3, 0.4) is 0 Å². The number of nitrogens with zero attached hydrogens (tertiary/aromatic N) is 7. The van der Waals surface area contributed by atoms with Crippen LogP contribution in [0.1, 0.15) is 10.4 Å². The van der Waals surface area contributed by atoms with E-state index in [9.17, 15) is 9.90 Å². The molecule has 0 bridgehead atoms. The summed E-state index contributed by atoms with van der Waals surface area (Å²) in [4.78, 5) is 25.3. The van der Waals surface area contributed by atoms with Crippen LogP contribution in [0.25, 0.3) is 16.7 Å². The molecule has 0 unspecified atom stereocenters. The average Bonchev–Trinajstić information content (AvgIpc) is 3.33. The average molecular weight is 436 g/mol. The Bertz CT molecular complexity index is 1470. The highest BCUT2D eigenvalue weighted by Gasteiger charge is 2.19. The quantitative estimate of drug-likeness (QED) is 0.388. The second kappa shape index (κ2) is 8.63. The minimum absolute atomic E-state index is 0.0466. The summed E-state index contributed by atoms with van der Waals surface area (Å²) in [6.45, 7) is 0. The van der Waals surface area contributed by atoms with Crippen molar-refractivity contribution in [2.75, 3.05) is 5.32 Å². The molecule has 2 N–H and O–H groups in total. The molecule has 10 nitrogen and oxygen atoms in total. The van der Waals surface area contributed by atoms with E-state index in [0.29, 0.717) is 17.0 Å². The Morgan fingerprint density at radius 3 is 2.48 bits per heavy atom. The first-order valence-corrected chi connectivity index (χ1v) is 9.91. The molecule has 10 heteroatoms. The molecule has 0 saturated carbocycles. The van der Waals surface area contributed by atoms with E-state index < -0.39 is 5.91 Å². The number of hydrogen-bond donors (Lipinski definition) is 2. The molecule has 33 heavy (non-hydrogen) atoms. The topological polar surface area (TPSA) is 131 Å². The van der Waals surface area contributed by atoms with Gasteiger partial charge in [-0.2, -0.15) is 9.67 Å². The number of benzene rings is 3. The van der Waals surface area contributed by atoms with Crippen LogP contribution < -0.4 is 5.32 Å². The SMILES string of the molecule is O=C(Nc1ccccc1)c1c(O)c(/N=N/c2ncn(-c3ncccn3)n2)cc2ccccc12. The number of fused-ring (bicyclic) bond motifs is 1. The fourth-order valence-corrected chi connectivity index (χ4v) is 3.25. The lowest BCUT2D eigenvalue weighted by molar-refractivity contribution is 0.102. The standard InChI is InChI=1S/C23H16N8O2/c32-20-18(28-29-22-26-14-31(30-22)23-24-11-6-12-25-23)13-15-7-4-5-10-17(15)19(20)21(33)27-16-8-2-1-3-9-16/h1-14,32H,(H,27,33)/b29-28+. The lowest BCUT2D eigenvalue weighted by atomic mass is 10.0. The minimum atomic E-state index is -0.462. The Balaban J connectivity index is 1.51. The first-order chi connectivity index (χ1) is 16.2. The van der Waals surface area contributed by atoms with Crippen molar-refractivity contribution in [3.8, 4) is 11.7 Å². The van der Waals surface area contributed by atoms with Gasteiger partial charge in [-0.05, 0) is 35.0 Å². The van der Waals surface area contributed by atoms with Gasteiger partial charge in [-0.25, -0.2) is 9.97 Å². The zero-order valence-corrected chi connectivity index (χ0v) is 17.1. The molecule has 5 aromatic rings. The van der Waals surface area contributed by atoms with Gasteiger partial charge in [0.15, 0.2) is 5.75 Å². The van der Waals surface area contributed by atoms with Gasteiger partial charge in [-0.3, -0.25) is 4.79 Å². The number of nitrogens with one attached hydrogen (secondary N) is 1. The maximum absolute atomic E-state index is 13.1. The number of amides is 1. The lowest BCUT2D eigenvalue weighted by Gasteiger charge is -2.11. The highest BCUT2D eigenvalue weighted by Crippen LogP contribution is 2.38. The van der Waals surface area contributed by atoms with Crippen LogP contribution in [0.5, 0.6) is 5.75 Å². The van der Waals surface area contributed by atoms with Crippen molar-refractivity contribution in [2.24, 2.45) is 10.2 Å². The van der Waals surface area contributed by atoms with E-state index in [1.165, 1.54) is 11.0 Å². The molecule has 0 fully saturated rings. The molecule has 2 heterocycles. The number of anilines is 1. The second-order valence-corrected chi connectivity index (χ2v) is 6.90. The van der Waals surface area contributed by atoms with Crippen molar-refractivity contribution >= 4 is 34.0 Å². The van der Waals surface area contributed by atoms with E-state index in [0.717, 1.165) is 5.39 Å².